The fraction of sp³-hybridized carbons (Fsp3) is 0.211. The van der Waals surface area contributed by atoms with Crippen LogP contribution < -0.4 is 5.32 Å². The van der Waals surface area contributed by atoms with Crippen molar-refractivity contribution < 1.29 is 19.1 Å². The summed E-state index contributed by atoms with van der Waals surface area (Å²) in [5.74, 6) is -1.05. The van der Waals surface area contributed by atoms with Crippen LogP contribution in [0.1, 0.15) is 37.5 Å². The Bertz CT molecular complexity index is 864. The van der Waals surface area contributed by atoms with E-state index in [2.05, 4.69) is 21.2 Å². The Kier molecular flexibility index (Phi) is 5.49. The van der Waals surface area contributed by atoms with Crippen molar-refractivity contribution in [3.05, 3.63) is 63.6 Å². The number of anilines is 1. The van der Waals surface area contributed by atoms with Crippen LogP contribution in [0.25, 0.3) is 0 Å². The molecule has 2 aromatic carbocycles. The molecule has 2 aromatic rings. The second-order valence-electron chi connectivity index (χ2n) is 5.83. The predicted molar refractivity (Wildman–Crippen MR) is 100 cm³/mol. The van der Waals surface area contributed by atoms with Crippen molar-refractivity contribution >= 4 is 39.3 Å². The molecule has 1 aliphatic rings. The van der Waals surface area contributed by atoms with Gasteiger partial charge in [0.05, 0.1) is 11.1 Å². The highest BCUT2D eigenvalue weighted by molar-refractivity contribution is 9.10. The zero-order valence-electron chi connectivity index (χ0n) is 14.1. The molecule has 0 saturated heterocycles. The number of fused-ring (bicyclic) bond motifs is 1. The minimum atomic E-state index is -0.376. The fourth-order valence-corrected chi connectivity index (χ4v) is 3.00. The minimum absolute atomic E-state index is 0.260. The van der Waals surface area contributed by atoms with Crippen molar-refractivity contribution in [3.8, 4) is 0 Å². The van der Waals surface area contributed by atoms with Crippen molar-refractivity contribution in [2.75, 3.05) is 25.6 Å². The molecule has 7 heteroatoms. The molecule has 0 bridgehead atoms. The van der Waals surface area contributed by atoms with E-state index in [1.165, 1.54) is 17.0 Å². The van der Waals surface area contributed by atoms with E-state index in [-0.39, 0.29) is 23.3 Å². The third-order valence-electron chi connectivity index (χ3n) is 4.07. The molecule has 6 nitrogen and oxygen atoms in total. The molecule has 0 saturated carbocycles. The first-order chi connectivity index (χ1) is 12.5. The second kappa shape index (κ2) is 7.80. The van der Waals surface area contributed by atoms with Gasteiger partial charge in [-0.05, 0) is 48.9 Å². The largest absolute Gasteiger partial charge is 0.385 e. The van der Waals surface area contributed by atoms with Gasteiger partial charge in [0.1, 0.15) is 0 Å². The Labute approximate surface area is 159 Å². The molecule has 0 fully saturated rings. The van der Waals surface area contributed by atoms with E-state index >= 15 is 0 Å². The minimum Gasteiger partial charge on any atom is -0.385 e. The zero-order valence-corrected chi connectivity index (χ0v) is 15.7. The van der Waals surface area contributed by atoms with Gasteiger partial charge in [-0.15, -0.1) is 0 Å². The molecule has 0 radical (unpaired) electrons. The maximum absolute atomic E-state index is 12.5. The average molecular weight is 417 g/mol. The maximum atomic E-state index is 12.5. The molecule has 0 spiro atoms. The van der Waals surface area contributed by atoms with E-state index in [1.54, 1.807) is 25.3 Å². The average Bonchev–Trinajstić information content (AvgIpc) is 2.88. The first-order valence-corrected chi connectivity index (χ1v) is 8.86. The van der Waals surface area contributed by atoms with E-state index in [4.69, 9.17) is 4.74 Å². The van der Waals surface area contributed by atoms with Gasteiger partial charge in [-0.25, -0.2) is 0 Å². The van der Waals surface area contributed by atoms with Crippen LogP contribution in [-0.2, 0) is 4.74 Å². The number of halogens is 1. The lowest BCUT2D eigenvalue weighted by Crippen LogP contribution is -2.31. The highest BCUT2D eigenvalue weighted by Crippen LogP contribution is 2.25. The van der Waals surface area contributed by atoms with E-state index in [0.717, 1.165) is 4.47 Å². The van der Waals surface area contributed by atoms with E-state index in [0.29, 0.717) is 36.4 Å². The fourth-order valence-electron chi connectivity index (χ4n) is 2.74. The number of hydrogen-bond donors (Lipinski definition) is 1. The quantitative estimate of drug-likeness (QED) is 0.578. The van der Waals surface area contributed by atoms with Crippen molar-refractivity contribution in [1.29, 1.82) is 0 Å². The number of carbonyl (C=O) groups is 3. The van der Waals surface area contributed by atoms with Crippen LogP contribution in [0.3, 0.4) is 0 Å². The summed E-state index contributed by atoms with van der Waals surface area (Å²) in [6.45, 7) is 0.759. The van der Waals surface area contributed by atoms with Gasteiger partial charge < -0.3 is 10.1 Å². The zero-order chi connectivity index (χ0) is 18.7. The van der Waals surface area contributed by atoms with E-state index in [9.17, 15) is 14.4 Å². The smallest absolute Gasteiger partial charge is 0.261 e. The summed E-state index contributed by atoms with van der Waals surface area (Å²) < 4.78 is 5.87. The van der Waals surface area contributed by atoms with Gasteiger partial charge in [-0.1, -0.05) is 15.9 Å². The Morgan fingerprint density at radius 1 is 1.08 bits per heavy atom. The van der Waals surface area contributed by atoms with Crippen LogP contribution in [-0.4, -0.2) is 42.9 Å². The highest BCUT2D eigenvalue weighted by Gasteiger charge is 2.35. The van der Waals surface area contributed by atoms with Gasteiger partial charge in [-0.2, -0.15) is 0 Å². The molecule has 0 atom stereocenters. The van der Waals surface area contributed by atoms with Crippen LogP contribution in [0.2, 0.25) is 0 Å². The number of nitrogens with zero attached hydrogens (tertiary/aromatic N) is 1. The topological polar surface area (TPSA) is 75.7 Å². The van der Waals surface area contributed by atoms with Crippen LogP contribution in [0.4, 0.5) is 5.69 Å². The van der Waals surface area contributed by atoms with Crippen LogP contribution in [0, 0.1) is 0 Å². The molecule has 134 valence electrons. The summed E-state index contributed by atoms with van der Waals surface area (Å²) in [5.41, 5.74) is 1.55. The molecular formula is C19H17BrN2O4. The number of nitrogens with one attached hydrogen (secondary N) is 1. The van der Waals surface area contributed by atoms with Gasteiger partial charge in [0.2, 0.25) is 0 Å². The Morgan fingerprint density at radius 3 is 2.46 bits per heavy atom. The summed E-state index contributed by atoms with van der Waals surface area (Å²) >= 11 is 3.34. The molecule has 26 heavy (non-hydrogen) atoms. The van der Waals surface area contributed by atoms with Crippen molar-refractivity contribution in [1.82, 2.24) is 4.90 Å². The molecule has 0 aliphatic carbocycles. The lowest BCUT2D eigenvalue weighted by atomic mass is 10.1. The van der Waals surface area contributed by atoms with Gasteiger partial charge in [0, 0.05) is 36.0 Å². The van der Waals surface area contributed by atoms with Gasteiger partial charge in [0.15, 0.2) is 0 Å². The summed E-state index contributed by atoms with van der Waals surface area (Å²) in [4.78, 5) is 38.5. The third-order valence-corrected chi connectivity index (χ3v) is 4.59. The molecule has 1 heterocycles. The number of benzene rings is 2. The molecule has 1 aliphatic heterocycles. The molecular weight excluding hydrogens is 400 g/mol. The van der Waals surface area contributed by atoms with Gasteiger partial charge >= 0.3 is 0 Å². The van der Waals surface area contributed by atoms with E-state index in [1.807, 2.05) is 12.1 Å². The number of hydrogen-bond acceptors (Lipinski definition) is 4. The first kappa shape index (κ1) is 18.3. The number of carbonyl (C=O) groups excluding carboxylic acids is 3. The number of methoxy groups -OCH3 is 1. The summed E-state index contributed by atoms with van der Waals surface area (Å²) in [6, 6.07) is 11.7. The standard InChI is InChI=1S/C19H17BrN2O4/c1-26-10-2-9-22-18(24)15-8-3-12(11-16(15)19(22)25)17(23)21-14-6-4-13(20)5-7-14/h3-8,11H,2,9-10H2,1H3,(H,21,23). The summed E-state index contributed by atoms with van der Waals surface area (Å²) in [6.07, 6.45) is 0.568. The first-order valence-electron chi connectivity index (χ1n) is 8.07. The van der Waals surface area contributed by atoms with Crippen molar-refractivity contribution in [2.24, 2.45) is 0 Å². The normalized spacial score (nSPS) is 13.1. The van der Waals surface area contributed by atoms with Crippen molar-refractivity contribution in [2.45, 2.75) is 6.42 Å². The molecule has 1 N–H and O–H groups in total. The van der Waals surface area contributed by atoms with Crippen molar-refractivity contribution in [3.63, 3.8) is 0 Å². The Balaban J connectivity index is 1.77. The molecule has 3 amide bonds. The Hall–Kier alpha value is -2.51. The lowest BCUT2D eigenvalue weighted by molar-refractivity contribution is 0.0638. The maximum Gasteiger partial charge on any atom is 0.261 e. The molecule has 0 aromatic heterocycles. The molecule has 3 rings (SSSR count). The van der Waals surface area contributed by atoms with Crippen LogP contribution >= 0.6 is 15.9 Å². The summed E-state index contributed by atoms with van der Waals surface area (Å²) in [7, 11) is 1.57. The number of rotatable bonds is 6. The van der Waals surface area contributed by atoms with Crippen LogP contribution in [0.5, 0.6) is 0 Å². The van der Waals surface area contributed by atoms with Gasteiger partial charge in [-0.3, -0.25) is 19.3 Å². The Morgan fingerprint density at radius 2 is 1.77 bits per heavy atom. The molecule has 0 unspecified atom stereocenters. The number of amides is 3. The third kappa shape index (κ3) is 3.68. The second-order valence-corrected chi connectivity index (χ2v) is 6.75. The highest BCUT2D eigenvalue weighted by atomic mass is 79.9. The predicted octanol–water partition coefficient (Wildman–Crippen LogP) is 3.33. The summed E-state index contributed by atoms with van der Waals surface area (Å²) in [5, 5.41) is 2.77. The van der Waals surface area contributed by atoms with Gasteiger partial charge in [0.25, 0.3) is 17.7 Å². The number of imide groups is 1. The number of ether oxygens (including phenoxy) is 1. The van der Waals surface area contributed by atoms with E-state index < -0.39 is 0 Å². The monoisotopic (exact) mass is 416 g/mol. The SMILES string of the molecule is COCCCN1C(=O)c2ccc(C(=O)Nc3ccc(Br)cc3)cc2C1=O. The van der Waals surface area contributed by atoms with Crippen LogP contribution in [0.15, 0.2) is 46.9 Å². The lowest BCUT2D eigenvalue weighted by Gasteiger charge is -2.12.